The summed E-state index contributed by atoms with van der Waals surface area (Å²) in [7, 11) is 0. The minimum absolute atomic E-state index is 0.0658. The van der Waals surface area contributed by atoms with E-state index in [1.807, 2.05) is 60.7 Å². The van der Waals surface area contributed by atoms with Gasteiger partial charge in [0.1, 0.15) is 0 Å². The van der Waals surface area contributed by atoms with Crippen LogP contribution < -0.4 is 5.32 Å². The molecule has 0 atom stereocenters. The van der Waals surface area contributed by atoms with Crippen LogP contribution in [-0.4, -0.2) is 12.5 Å². The minimum Gasteiger partial charge on any atom is -0.355 e. The molecule has 0 heterocycles. The number of carbonyl (C=O) groups excluding carboxylic acids is 1. The molecule has 2 heteroatoms. The van der Waals surface area contributed by atoms with Gasteiger partial charge in [-0.05, 0) is 17.0 Å². The van der Waals surface area contributed by atoms with Gasteiger partial charge >= 0.3 is 0 Å². The third kappa shape index (κ3) is 3.70. The summed E-state index contributed by atoms with van der Waals surface area (Å²) in [5.74, 6) is 0.276. The van der Waals surface area contributed by atoms with E-state index in [0.29, 0.717) is 12.5 Å². The van der Waals surface area contributed by atoms with Crippen molar-refractivity contribution in [3.05, 3.63) is 71.8 Å². The summed E-state index contributed by atoms with van der Waals surface area (Å²) < 4.78 is 0. The van der Waals surface area contributed by atoms with Crippen LogP contribution >= 0.6 is 0 Å². The van der Waals surface area contributed by atoms with Crippen molar-refractivity contribution < 1.29 is 4.79 Å². The van der Waals surface area contributed by atoms with E-state index in [-0.39, 0.29) is 11.8 Å². The topological polar surface area (TPSA) is 29.1 Å². The fraction of sp³-hybridized carbons (Fsp3) is 0.278. The summed E-state index contributed by atoms with van der Waals surface area (Å²) in [6, 6.07) is 19.9. The van der Waals surface area contributed by atoms with Crippen molar-refractivity contribution in [1.82, 2.24) is 5.32 Å². The number of carbonyl (C=O) groups is 1. The van der Waals surface area contributed by atoms with Crippen molar-refractivity contribution in [2.75, 3.05) is 6.54 Å². The van der Waals surface area contributed by atoms with E-state index in [1.54, 1.807) is 0 Å². The molecule has 0 spiro atoms. The first-order valence-electron chi connectivity index (χ1n) is 7.06. The van der Waals surface area contributed by atoms with E-state index in [0.717, 1.165) is 11.1 Å². The fourth-order valence-electron chi connectivity index (χ4n) is 2.19. The summed E-state index contributed by atoms with van der Waals surface area (Å²) in [4.78, 5) is 12.5. The molecule has 0 radical (unpaired) electrons. The van der Waals surface area contributed by atoms with Crippen molar-refractivity contribution in [1.29, 1.82) is 0 Å². The van der Waals surface area contributed by atoms with Gasteiger partial charge < -0.3 is 5.32 Å². The Hall–Kier alpha value is -2.09. The molecular formula is C18H21NO. The highest BCUT2D eigenvalue weighted by Gasteiger charge is 2.22. The largest absolute Gasteiger partial charge is 0.355 e. The lowest BCUT2D eigenvalue weighted by Crippen LogP contribution is -2.32. The summed E-state index contributed by atoms with van der Waals surface area (Å²) in [6.07, 6.45) is 0. The van der Waals surface area contributed by atoms with Gasteiger partial charge in [-0.2, -0.15) is 0 Å². The predicted molar refractivity (Wildman–Crippen MR) is 82.6 cm³/mol. The standard InChI is InChI=1S/C18H21NO/c1-14(2)13-19-18(20)17(15-9-5-3-6-10-15)16-11-7-4-8-12-16/h3-12,14,17H,13H2,1-2H3,(H,19,20). The summed E-state index contributed by atoms with van der Waals surface area (Å²) >= 11 is 0. The number of nitrogens with one attached hydrogen (secondary N) is 1. The molecule has 1 amide bonds. The molecule has 2 aromatic rings. The second-order valence-corrected chi connectivity index (χ2v) is 5.39. The van der Waals surface area contributed by atoms with Crippen molar-refractivity contribution in [3.63, 3.8) is 0 Å². The second-order valence-electron chi connectivity index (χ2n) is 5.39. The van der Waals surface area contributed by atoms with Gasteiger partial charge in [-0.15, -0.1) is 0 Å². The van der Waals surface area contributed by atoms with Crippen LogP contribution in [0.2, 0.25) is 0 Å². The first kappa shape index (κ1) is 14.3. The molecule has 1 N–H and O–H groups in total. The fourth-order valence-corrected chi connectivity index (χ4v) is 2.19. The highest BCUT2D eigenvalue weighted by atomic mass is 16.1. The van der Waals surface area contributed by atoms with Crippen molar-refractivity contribution in [2.45, 2.75) is 19.8 Å². The van der Waals surface area contributed by atoms with E-state index in [2.05, 4.69) is 19.2 Å². The summed E-state index contributed by atoms with van der Waals surface area (Å²) in [5, 5.41) is 3.04. The van der Waals surface area contributed by atoms with E-state index in [9.17, 15) is 4.79 Å². The Bertz CT molecular complexity index is 494. The molecule has 0 aliphatic heterocycles. The summed E-state index contributed by atoms with van der Waals surface area (Å²) in [5.41, 5.74) is 2.06. The van der Waals surface area contributed by atoms with E-state index in [4.69, 9.17) is 0 Å². The zero-order valence-corrected chi connectivity index (χ0v) is 12.0. The Morgan fingerprint density at radius 1 is 0.900 bits per heavy atom. The Morgan fingerprint density at radius 3 is 1.75 bits per heavy atom. The average Bonchev–Trinajstić information content (AvgIpc) is 2.48. The molecule has 0 unspecified atom stereocenters. The minimum atomic E-state index is -0.240. The lowest BCUT2D eigenvalue weighted by atomic mass is 9.90. The van der Waals surface area contributed by atoms with E-state index in [1.165, 1.54) is 0 Å². The quantitative estimate of drug-likeness (QED) is 0.881. The molecule has 104 valence electrons. The molecule has 0 bridgehead atoms. The van der Waals surface area contributed by atoms with Crippen molar-refractivity contribution >= 4 is 5.91 Å². The lowest BCUT2D eigenvalue weighted by Gasteiger charge is -2.18. The number of rotatable bonds is 5. The first-order valence-corrected chi connectivity index (χ1v) is 7.06. The zero-order chi connectivity index (χ0) is 14.4. The molecule has 0 aromatic heterocycles. The molecule has 0 aliphatic carbocycles. The third-order valence-corrected chi connectivity index (χ3v) is 3.21. The Labute approximate surface area is 120 Å². The SMILES string of the molecule is CC(C)CNC(=O)C(c1ccccc1)c1ccccc1. The second kappa shape index (κ2) is 6.90. The van der Waals surface area contributed by atoms with Crippen LogP contribution in [0.3, 0.4) is 0 Å². The lowest BCUT2D eigenvalue weighted by molar-refractivity contribution is -0.121. The average molecular weight is 267 g/mol. The molecule has 2 aromatic carbocycles. The van der Waals surface area contributed by atoms with E-state index < -0.39 is 0 Å². The molecule has 2 nitrogen and oxygen atoms in total. The highest BCUT2D eigenvalue weighted by molar-refractivity contribution is 5.87. The van der Waals surface area contributed by atoms with Crippen molar-refractivity contribution in [3.8, 4) is 0 Å². The molecule has 0 saturated heterocycles. The monoisotopic (exact) mass is 267 g/mol. The zero-order valence-electron chi connectivity index (χ0n) is 12.0. The van der Waals surface area contributed by atoms with Gasteiger partial charge in [0.05, 0.1) is 5.92 Å². The Balaban J connectivity index is 2.28. The van der Waals surface area contributed by atoms with Gasteiger partial charge in [-0.25, -0.2) is 0 Å². The number of amides is 1. The smallest absolute Gasteiger partial charge is 0.232 e. The van der Waals surface area contributed by atoms with Gasteiger partial charge in [-0.1, -0.05) is 74.5 Å². The Morgan fingerprint density at radius 2 is 1.35 bits per heavy atom. The van der Waals surface area contributed by atoms with Crippen LogP contribution in [-0.2, 0) is 4.79 Å². The van der Waals surface area contributed by atoms with Gasteiger partial charge in [0.2, 0.25) is 5.91 Å². The maximum atomic E-state index is 12.5. The molecule has 0 fully saturated rings. The van der Waals surface area contributed by atoms with Gasteiger partial charge in [-0.3, -0.25) is 4.79 Å². The van der Waals surface area contributed by atoms with Crippen LogP contribution in [0.25, 0.3) is 0 Å². The van der Waals surface area contributed by atoms with Crippen LogP contribution in [0, 0.1) is 5.92 Å². The third-order valence-electron chi connectivity index (χ3n) is 3.21. The maximum Gasteiger partial charge on any atom is 0.232 e. The van der Waals surface area contributed by atoms with Crippen molar-refractivity contribution in [2.24, 2.45) is 5.92 Å². The number of hydrogen-bond acceptors (Lipinski definition) is 1. The van der Waals surface area contributed by atoms with Crippen LogP contribution in [0.1, 0.15) is 30.9 Å². The highest BCUT2D eigenvalue weighted by Crippen LogP contribution is 2.24. The molecule has 20 heavy (non-hydrogen) atoms. The van der Waals surface area contributed by atoms with Gasteiger partial charge in [0.25, 0.3) is 0 Å². The predicted octanol–water partition coefficient (Wildman–Crippen LogP) is 3.59. The molecule has 0 saturated carbocycles. The normalized spacial score (nSPS) is 10.8. The van der Waals surface area contributed by atoms with Crippen LogP contribution in [0.15, 0.2) is 60.7 Å². The Kier molecular flexibility index (Phi) is 4.94. The van der Waals surface area contributed by atoms with E-state index >= 15 is 0 Å². The molecular weight excluding hydrogens is 246 g/mol. The van der Waals surface area contributed by atoms with Gasteiger partial charge in [0, 0.05) is 6.54 Å². The van der Waals surface area contributed by atoms with Gasteiger partial charge in [0.15, 0.2) is 0 Å². The van der Waals surface area contributed by atoms with Crippen LogP contribution in [0.4, 0.5) is 0 Å². The molecule has 0 aliphatic rings. The molecule has 2 rings (SSSR count). The van der Waals surface area contributed by atoms with Crippen LogP contribution in [0.5, 0.6) is 0 Å². The number of benzene rings is 2. The summed E-state index contributed by atoms with van der Waals surface area (Å²) in [6.45, 7) is 4.90. The maximum absolute atomic E-state index is 12.5. The first-order chi connectivity index (χ1) is 9.68. The number of hydrogen-bond donors (Lipinski definition) is 1.